The zero-order valence-corrected chi connectivity index (χ0v) is 15.2. The maximum atomic E-state index is 5.76. The number of rotatable bonds is 10. The molecule has 4 rings (SSSR count). The van der Waals surface area contributed by atoms with E-state index in [1.807, 2.05) is 48.5 Å². The largest absolute Gasteiger partial charge is 0.493 e. The lowest BCUT2D eigenvalue weighted by molar-refractivity contribution is 0.101. The Balaban J connectivity index is 1.15. The lowest BCUT2D eigenvalue weighted by Crippen LogP contribution is -2.14. The van der Waals surface area contributed by atoms with E-state index in [-0.39, 0.29) is 24.8 Å². The van der Waals surface area contributed by atoms with Gasteiger partial charge in [-0.1, -0.05) is 24.3 Å². The van der Waals surface area contributed by atoms with E-state index in [4.69, 9.17) is 33.2 Å². The molecule has 0 N–H and O–H groups in total. The first-order valence-corrected chi connectivity index (χ1v) is 8.76. The van der Waals surface area contributed by atoms with Gasteiger partial charge in [-0.25, -0.2) is 0 Å². The van der Waals surface area contributed by atoms with E-state index in [0.29, 0.717) is 36.2 Å². The molecule has 0 aliphatic carbocycles. The quantitative estimate of drug-likeness (QED) is 0.592. The van der Waals surface area contributed by atoms with Crippen molar-refractivity contribution in [3.63, 3.8) is 0 Å². The van der Waals surface area contributed by atoms with Crippen molar-refractivity contribution in [1.29, 1.82) is 0 Å². The van der Waals surface area contributed by atoms with Crippen LogP contribution in [0.15, 0.2) is 48.5 Å². The van der Waals surface area contributed by atoms with Crippen LogP contribution in [0.25, 0.3) is 0 Å². The summed E-state index contributed by atoms with van der Waals surface area (Å²) in [6.07, 6.45) is -0.825. The molecule has 2 aromatic rings. The second-order valence-corrected chi connectivity index (χ2v) is 6.16. The van der Waals surface area contributed by atoms with Crippen LogP contribution in [0.1, 0.15) is 0 Å². The van der Waals surface area contributed by atoms with E-state index in [2.05, 4.69) is 0 Å². The van der Waals surface area contributed by atoms with E-state index in [1.54, 1.807) is 14.2 Å². The Hall–Kier alpha value is -2.48. The Labute approximate surface area is 157 Å². The molecule has 0 unspecified atom stereocenters. The number of para-hydroxylation sites is 4. The molecule has 4 atom stereocenters. The summed E-state index contributed by atoms with van der Waals surface area (Å²) >= 11 is 0. The van der Waals surface area contributed by atoms with E-state index in [1.165, 1.54) is 0 Å². The molecule has 2 aliphatic rings. The molecule has 144 valence electrons. The number of methoxy groups -OCH3 is 2. The van der Waals surface area contributed by atoms with Crippen molar-refractivity contribution in [2.75, 3.05) is 27.4 Å². The Bertz CT molecular complexity index is 702. The highest BCUT2D eigenvalue weighted by Gasteiger charge is 2.45. The highest BCUT2D eigenvalue weighted by molar-refractivity contribution is 5.40. The van der Waals surface area contributed by atoms with Crippen LogP contribution >= 0.6 is 0 Å². The highest BCUT2D eigenvalue weighted by atomic mass is 16.8. The fraction of sp³-hybridized carbons (Fsp3) is 0.400. The molecule has 2 aliphatic heterocycles. The van der Waals surface area contributed by atoms with Gasteiger partial charge in [-0.3, -0.25) is 0 Å². The van der Waals surface area contributed by atoms with Crippen molar-refractivity contribution >= 4 is 0 Å². The fourth-order valence-corrected chi connectivity index (χ4v) is 2.68. The lowest BCUT2D eigenvalue weighted by atomic mass is 10.3. The summed E-state index contributed by atoms with van der Waals surface area (Å²) in [6, 6.07) is 14.9. The minimum Gasteiger partial charge on any atom is -0.493 e. The average Bonchev–Trinajstić information content (AvgIpc) is 3.62. The van der Waals surface area contributed by atoms with Gasteiger partial charge in [0.1, 0.15) is 12.2 Å². The van der Waals surface area contributed by atoms with E-state index >= 15 is 0 Å². The number of epoxide rings is 2. The third-order valence-corrected chi connectivity index (χ3v) is 4.26. The molecular formula is C20H22O7. The van der Waals surface area contributed by atoms with Gasteiger partial charge >= 0.3 is 0 Å². The molecule has 27 heavy (non-hydrogen) atoms. The molecule has 2 fully saturated rings. The van der Waals surface area contributed by atoms with Crippen molar-refractivity contribution < 1.29 is 33.2 Å². The maximum Gasteiger partial charge on any atom is 0.229 e. The molecule has 0 spiro atoms. The van der Waals surface area contributed by atoms with Crippen LogP contribution in [0, 0.1) is 0 Å². The van der Waals surface area contributed by atoms with Crippen LogP contribution < -0.4 is 18.9 Å². The van der Waals surface area contributed by atoms with E-state index < -0.39 is 0 Å². The van der Waals surface area contributed by atoms with E-state index in [0.717, 1.165) is 0 Å². The van der Waals surface area contributed by atoms with E-state index in [9.17, 15) is 0 Å². The summed E-state index contributed by atoms with van der Waals surface area (Å²) in [5, 5.41) is 0. The standard InChI is InChI=1S/C20H22O7/c1-21-13-7-3-5-9-15(13)24-19-17(26-19)11-23-12-18-20(27-18)25-16-10-6-4-8-14(16)22-2/h3-10,17-20H,11-12H2,1-2H3/t17-,18-,19-,20+/m1/s1. The Morgan fingerprint density at radius 2 is 1.07 bits per heavy atom. The summed E-state index contributed by atoms with van der Waals surface area (Å²) in [7, 11) is 3.21. The van der Waals surface area contributed by atoms with Crippen LogP contribution in [0.4, 0.5) is 0 Å². The molecule has 0 bridgehead atoms. The van der Waals surface area contributed by atoms with Gasteiger partial charge in [-0.05, 0) is 24.3 Å². The van der Waals surface area contributed by atoms with Gasteiger partial charge in [0, 0.05) is 0 Å². The predicted molar refractivity (Wildman–Crippen MR) is 95.4 cm³/mol. The zero-order chi connectivity index (χ0) is 18.6. The van der Waals surface area contributed by atoms with Gasteiger partial charge in [-0.15, -0.1) is 0 Å². The maximum absolute atomic E-state index is 5.76. The number of hydrogen-bond donors (Lipinski definition) is 0. The highest BCUT2D eigenvalue weighted by Crippen LogP contribution is 2.34. The lowest BCUT2D eigenvalue weighted by Gasteiger charge is -2.08. The molecule has 7 heteroatoms. The smallest absolute Gasteiger partial charge is 0.229 e. The van der Waals surface area contributed by atoms with Gasteiger partial charge < -0.3 is 33.2 Å². The molecule has 2 saturated heterocycles. The number of ether oxygens (including phenoxy) is 7. The van der Waals surface area contributed by atoms with Gasteiger partial charge in [0.05, 0.1) is 27.4 Å². The van der Waals surface area contributed by atoms with Crippen LogP contribution in [-0.2, 0) is 14.2 Å². The van der Waals surface area contributed by atoms with Crippen molar-refractivity contribution in [2.45, 2.75) is 24.8 Å². The Kier molecular flexibility index (Phi) is 5.33. The van der Waals surface area contributed by atoms with Gasteiger partial charge in [0.2, 0.25) is 12.6 Å². The van der Waals surface area contributed by atoms with Crippen LogP contribution in [0.5, 0.6) is 23.0 Å². The van der Waals surface area contributed by atoms with Crippen LogP contribution in [0.3, 0.4) is 0 Å². The van der Waals surface area contributed by atoms with Crippen LogP contribution in [0.2, 0.25) is 0 Å². The van der Waals surface area contributed by atoms with Crippen molar-refractivity contribution in [2.24, 2.45) is 0 Å². The topological polar surface area (TPSA) is 71.2 Å². The normalized spacial score (nSPS) is 25.6. The van der Waals surface area contributed by atoms with Gasteiger partial charge in [0.25, 0.3) is 0 Å². The third-order valence-electron chi connectivity index (χ3n) is 4.26. The monoisotopic (exact) mass is 374 g/mol. The SMILES string of the molecule is COc1ccccc1O[C@@H]1O[C@@H]1COC[C@H]1O[C@@H]1Oc1ccccc1OC. The summed E-state index contributed by atoms with van der Waals surface area (Å²) in [6.45, 7) is 0.863. The minimum atomic E-state index is -0.318. The summed E-state index contributed by atoms with van der Waals surface area (Å²) in [5.74, 6) is 2.66. The third kappa shape index (κ3) is 4.44. The molecule has 0 saturated carbocycles. The molecule has 2 heterocycles. The molecule has 0 radical (unpaired) electrons. The Morgan fingerprint density at radius 3 is 1.48 bits per heavy atom. The molecule has 0 aromatic heterocycles. The molecular weight excluding hydrogens is 352 g/mol. The average molecular weight is 374 g/mol. The van der Waals surface area contributed by atoms with Gasteiger partial charge in [-0.2, -0.15) is 0 Å². The first-order valence-electron chi connectivity index (χ1n) is 8.76. The van der Waals surface area contributed by atoms with Gasteiger partial charge in [0.15, 0.2) is 23.0 Å². The van der Waals surface area contributed by atoms with Crippen LogP contribution in [-0.4, -0.2) is 52.2 Å². The minimum absolute atomic E-state index is 0.0951. The molecule has 2 aromatic carbocycles. The van der Waals surface area contributed by atoms with Crippen molar-refractivity contribution in [3.8, 4) is 23.0 Å². The van der Waals surface area contributed by atoms with Crippen molar-refractivity contribution in [3.05, 3.63) is 48.5 Å². The second-order valence-electron chi connectivity index (χ2n) is 6.16. The summed E-state index contributed by atoms with van der Waals surface area (Å²) < 4.78 is 38.7. The fourth-order valence-electron chi connectivity index (χ4n) is 2.68. The molecule has 0 amide bonds. The summed E-state index contributed by atoms with van der Waals surface area (Å²) in [5.41, 5.74) is 0. The first-order chi connectivity index (χ1) is 13.3. The Morgan fingerprint density at radius 1 is 0.667 bits per heavy atom. The predicted octanol–water partition coefficient (Wildman–Crippen LogP) is 2.63. The first kappa shape index (κ1) is 17.9. The summed E-state index contributed by atoms with van der Waals surface area (Å²) in [4.78, 5) is 0. The zero-order valence-electron chi connectivity index (χ0n) is 15.2. The second kappa shape index (κ2) is 8.04. The molecule has 7 nitrogen and oxygen atoms in total. The van der Waals surface area contributed by atoms with Crippen molar-refractivity contribution in [1.82, 2.24) is 0 Å². The number of hydrogen-bond acceptors (Lipinski definition) is 7. The number of benzene rings is 2.